The zero-order chi connectivity index (χ0) is 21.3. The Balaban J connectivity index is 1.88. The predicted octanol–water partition coefficient (Wildman–Crippen LogP) is -2.30. The van der Waals surface area contributed by atoms with Gasteiger partial charge in [0, 0.05) is 13.1 Å². The Morgan fingerprint density at radius 3 is 1.36 bits per heavy atom. The van der Waals surface area contributed by atoms with E-state index in [9.17, 15) is 39.0 Å². The zero-order valence-electron chi connectivity index (χ0n) is 14.8. The Kier molecular flexibility index (Phi) is 5.85. The SMILES string of the molecule is O=C(O)C[C@]1(O)CC(=O)N(CCCCN2C(=O)C[C@@](O)(CC(=O)O)C2=O)C1=O. The monoisotopic (exact) mass is 400 g/mol. The van der Waals surface area contributed by atoms with E-state index < -0.39 is 72.5 Å². The van der Waals surface area contributed by atoms with Gasteiger partial charge in [-0.15, -0.1) is 0 Å². The molecule has 0 spiro atoms. The van der Waals surface area contributed by atoms with E-state index in [0.29, 0.717) is 0 Å². The summed E-state index contributed by atoms with van der Waals surface area (Å²) in [7, 11) is 0. The molecule has 12 heteroatoms. The minimum atomic E-state index is -2.28. The minimum absolute atomic E-state index is 0.144. The average molecular weight is 400 g/mol. The number of hydrogen-bond acceptors (Lipinski definition) is 8. The van der Waals surface area contributed by atoms with Crippen LogP contribution in [-0.2, 0) is 28.8 Å². The maximum absolute atomic E-state index is 12.1. The molecule has 2 aliphatic heterocycles. The van der Waals surface area contributed by atoms with Crippen molar-refractivity contribution in [2.24, 2.45) is 0 Å². The summed E-state index contributed by atoms with van der Waals surface area (Å²) in [5.41, 5.74) is -4.56. The van der Waals surface area contributed by atoms with Crippen LogP contribution in [0.25, 0.3) is 0 Å². The number of aliphatic hydroxyl groups is 2. The summed E-state index contributed by atoms with van der Waals surface area (Å²) >= 11 is 0. The third-order valence-corrected chi connectivity index (χ3v) is 4.68. The van der Waals surface area contributed by atoms with Gasteiger partial charge in [0.05, 0.1) is 25.7 Å². The Morgan fingerprint density at radius 2 is 1.07 bits per heavy atom. The van der Waals surface area contributed by atoms with Crippen LogP contribution in [0.1, 0.15) is 38.5 Å². The number of carbonyl (C=O) groups excluding carboxylic acids is 4. The van der Waals surface area contributed by atoms with Crippen LogP contribution in [0.3, 0.4) is 0 Å². The molecule has 0 aromatic carbocycles. The highest BCUT2D eigenvalue weighted by atomic mass is 16.4. The van der Waals surface area contributed by atoms with Crippen LogP contribution >= 0.6 is 0 Å². The van der Waals surface area contributed by atoms with E-state index in [1.54, 1.807) is 0 Å². The molecule has 0 aromatic rings. The van der Waals surface area contributed by atoms with E-state index in [-0.39, 0.29) is 25.9 Å². The summed E-state index contributed by atoms with van der Waals surface area (Å²) in [6, 6.07) is 0. The molecule has 0 aromatic heterocycles. The quantitative estimate of drug-likeness (QED) is 0.242. The number of nitrogens with zero attached hydrogens (tertiary/aromatic N) is 2. The molecule has 0 unspecified atom stereocenters. The molecule has 0 radical (unpaired) electrons. The van der Waals surface area contributed by atoms with E-state index in [2.05, 4.69) is 0 Å². The van der Waals surface area contributed by atoms with Crippen molar-refractivity contribution in [3.63, 3.8) is 0 Å². The summed E-state index contributed by atoms with van der Waals surface area (Å²) < 4.78 is 0. The predicted molar refractivity (Wildman–Crippen MR) is 86.3 cm³/mol. The summed E-state index contributed by atoms with van der Waals surface area (Å²) in [6.45, 7) is -0.287. The lowest BCUT2D eigenvalue weighted by Crippen LogP contribution is -2.43. The highest BCUT2D eigenvalue weighted by Crippen LogP contribution is 2.29. The number of carbonyl (C=O) groups is 6. The second-order valence-electron chi connectivity index (χ2n) is 6.97. The first-order chi connectivity index (χ1) is 12.9. The van der Waals surface area contributed by atoms with Gasteiger partial charge in [0.15, 0.2) is 11.2 Å². The topological polar surface area (TPSA) is 190 Å². The normalized spacial score (nSPS) is 27.8. The van der Waals surface area contributed by atoms with Crippen molar-refractivity contribution in [1.29, 1.82) is 0 Å². The largest absolute Gasteiger partial charge is 0.481 e. The maximum Gasteiger partial charge on any atom is 0.306 e. The van der Waals surface area contributed by atoms with Crippen LogP contribution in [-0.4, -0.2) is 90.1 Å². The van der Waals surface area contributed by atoms with Crippen LogP contribution in [0.15, 0.2) is 0 Å². The Hall–Kier alpha value is -2.86. The fourth-order valence-corrected chi connectivity index (χ4v) is 3.34. The fourth-order valence-electron chi connectivity index (χ4n) is 3.34. The first kappa shape index (κ1) is 21.4. The second-order valence-corrected chi connectivity index (χ2v) is 6.97. The van der Waals surface area contributed by atoms with Crippen molar-refractivity contribution in [2.45, 2.75) is 49.7 Å². The molecule has 154 valence electrons. The molecule has 4 amide bonds. The highest BCUT2D eigenvalue weighted by molar-refractivity contribution is 6.09. The molecule has 2 heterocycles. The van der Waals surface area contributed by atoms with Crippen molar-refractivity contribution >= 4 is 35.6 Å². The van der Waals surface area contributed by atoms with Crippen molar-refractivity contribution in [3.05, 3.63) is 0 Å². The lowest BCUT2D eigenvalue weighted by Gasteiger charge is -2.20. The number of likely N-dealkylation sites (tertiary alicyclic amines) is 2. The number of carboxylic acid groups (broad SMARTS) is 2. The zero-order valence-corrected chi connectivity index (χ0v) is 14.8. The van der Waals surface area contributed by atoms with Gasteiger partial charge in [-0.1, -0.05) is 0 Å². The van der Waals surface area contributed by atoms with Crippen LogP contribution in [0.4, 0.5) is 0 Å². The molecular weight excluding hydrogens is 380 g/mol. The van der Waals surface area contributed by atoms with Gasteiger partial charge in [-0.2, -0.15) is 0 Å². The Bertz CT molecular complexity index is 688. The molecule has 12 nitrogen and oxygen atoms in total. The number of aliphatic carboxylic acids is 2. The van der Waals surface area contributed by atoms with Crippen LogP contribution in [0.2, 0.25) is 0 Å². The molecule has 0 saturated carbocycles. The number of hydrogen-bond donors (Lipinski definition) is 4. The number of rotatable bonds is 9. The molecule has 2 fully saturated rings. The van der Waals surface area contributed by atoms with Gasteiger partial charge in [0.25, 0.3) is 11.8 Å². The van der Waals surface area contributed by atoms with Gasteiger partial charge < -0.3 is 20.4 Å². The van der Waals surface area contributed by atoms with E-state index in [1.807, 2.05) is 0 Å². The summed E-state index contributed by atoms with van der Waals surface area (Å²) in [4.78, 5) is 70.9. The maximum atomic E-state index is 12.1. The first-order valence-corrected chi connectivity index (χ1v) is 8.47. The number of carboxylic acids is 2. The molecule has 2 rings (SSSR count). The van der Waals surface area contributed by atoms with Gasteiger partial charge in [-0.3, -0.25) is 38.6 Å². The highest BCUT2D eigenvalue weighted by Gasteiger charge is 2.52. The number of amides is 4. The van der Waals surface area contributed by atoms with Gasteiger partial charge in [-0.25, -0.2) is 0 Å². The number of imide groups is 2. The molecule has 4 N–H and O–H groups in total. The number of unbranched alkanes of at least 4 members (excludes halogenated alkanes) is 1. The second kappa shape index (κ2) is 7.64. The average Bonchev–Trinajstić information content (AvgIpc) is 2.86. The van der Waals surface area contributed by atoms with Crippen LogP contribution < -0.4 is 0 Å². The van der Waals surface area contributed by atoms with Crippen molar-refractivity contribution in [3.8, 4) is 0 Å². The molecule has 28 heavy (non-hydrogen) atoms. The fraction of sp³-hybridized carbons (Fsp3) is 0.625. The standard InChI is InChI=1S/C16H20N2O10/c19-9-5-15(27,7-11(21)22)13(25)17(9)3-1-2-4-18-10(20)6-16(28,14(18)26)8-12(23)24/h27-28H,1-8H2,(H,21,22)(H,23,24)/t15-,16-/m1/s1. The van der Waals surface area contributed by atoms with Crippen molar-refractivity contribution in [2.75, 3.05) is 13.1 Å². The van der Waals surface area contributed by atoms with Crippen molar-refractivity contribution < 1.29 is 49.2 Å². The van der Waals surface area contributed by atoms with Gasteiger partial charge >= 0.3 is 11.9 Å². The summed E-state index contributed by atoms with van der Waals surface area (Å²) in [5, 5.41) is 37.6. The lowest BCUT2D eigenvalue weighted by molar-refractivity contribution is -0.154. The van der Waals surface area contributed by atoms with Gasteiger partial charge in [0.1, 0.15) is 0 Å². The van der Waals surface area contributed by atoms with Gasteiger partial charge in [-0.05, 0) is 12.8 Å². The third-order valence-electron chi connectivity index (χ3n) is 4.68. The molecule has 2 saturated heterocycles. The smallest absolute Gasteiger partial charge is 0.306 e. The molecule has 0 bridgehead atoms. The van der Waals surface area contributed by atoms with Gasteiger partial charge in [0.2, 0.25) is 11.8 Å². The minimum Gasteiger partial charge on any atom is -0.481 e. The van der Waals surface area contributed by atoms with Crippen LogP contribution in [0.5, 0.6) is 0 Å². The lowest BCUT2D eigenvalue weighted by atomic mass is 9.98. The molecular formula is C16H20N2O10. The molecule has 2 atom stereocenters. The van der Waals surface area contributed by atoms with E-state index in [1.165, 1.54) is 0 Å². The van der Waals surface area contributed by atoms with Crippen LogP contribution in [0, 0.1) is 0 Å². The first-order valence-electron chi connectivity index (χ1n) is 8.47. The molecule has 2 aliphatic rings. The Morgan fingerprint density at radius 1 is 0.750 bits per heavy atom. The van der Waals surface area contributed by atoms with E-state index in [4.69, 9.17) is 10.2 Å². The summed E-state index contributed by atoms with van der Waals surface area (Å²) in [5.74, 6) is -6.32. The van der Waals surface area contributed by atoms with Crippen molar-refractivity contribution in [1.82, 2.24) is 9.80 Å². The molecule has 0 aliphatic carbocycles. The Labute approximate surface area is 158 Å². The summed E-state index contributed by atoms with van der Waals surface area (Å²) in [6.07, 6.45) is -2.77. The van der Waals surface area contributed by atoms with E-state index >= 15 is 0 Å². The van der Waals surface area contributed by atoms with E-state index in [0.717, 1.165) is 9.80 Å². The third kappa shape index (κ3) is 4.17.